The standard InChI is InChI=1S/C8H13N5O/c1-13(2)8-10-7(11-12-8)9-6(14)5-3-4-5/h5H,3-4H2,1-2H3,(H2,9,10,11,12,14). The zero-order valence-electron chi connectivity index (χ0n) is 8.24. The number of H-pyrrole nitrogens is 1. The Balaban J connectivity index is 1.98. The molecule has 1 saturated carbocycles. The quantitative estimate of drug-likeness (QED) is 0.723. The maximum absolute atomic E-state index is 11.3. The second-order valence-corrected chi connectivity index (χ2v) is 3.64. The lowest BCUT2D eigenvalue weighted by molar-refractivity contribution is -0.117. The fraction of sp³-hybridized carbons (Fsp3) is 0.625. The summed E-state index contributed by atoms with van der Waals surface area (Å²) in [5, 5.41) is 9.27. The number of carbonyl (C=O) groups is 1. The van der Waals surface area contributed by atoms with Crippen LogP contribution in [0.1, 0.15) is 12.8 Å². The highest BCUT2D eigenvalue weighted by atomic mass is 16.2. The second-order valence-electron chi connectivity index (χ2n) is 3.64. The van der Waals surface area contributed by atoms with Gasteiger partial charge in [-0.25, -0.2) is 5.10 Å². The second kappa shape index (κ2) is 3.28. The lowest BCUT2D eigenvalue weighted by Crippen LogP contribution is -2.14. The van der Waals surface area contributed by atoms with E-state index in [-0.39, 0.29) is 11.8 Å². The summed E-state index contributed by atoms with van der Waals surface area (Å²) in [5.74, 6) is 1.20. The van der Waals surface area contributed by atoms with Crippen molar-refractivity contribution >= 4 is 17.8 Å². The van der Waals surface area contributed by atoms with Gasteiger partial charge in [-0.3, -0.25) is 10.1 Å². The van der Waals surface area contributed by atoms with Gasteiger partial charge in [0.15, 0.2) is 0 Å². The summed E-state index contributed by atoms with van der Waals surface area (Å²) in [4.78, 5) is 17.2. The molecule has 0 aromatic carbocycles. The lowest BCUT2D eigenvalue weighted by Gasteiger charge is -2.03. The molecule has 0 atom stereocenters. The molecule has 6 heteroatoms. The van der Waals surface area contributed by atoms with Gasteiger partial charge in [0.05, 0.1) is 0 Å². The topological polar surface area (TPSA) is 73.9 Å². The molecule has 2 rings (SSSR count). The van der Waals surface area contributed by atoms with Crippen LogP contribution in [-0.2, 0) is 4.79 Å². The summed E-state index contributed by atoms with van der Waals surface area (Å²) >= 11 is 0. The molecule has 0 radical (unpaired) electrons. The Hall–Kier alpha value is -1.59. The van der Waals surface area contributed by atoms with E-state index in [2.05, 4.69) is 20.5 Å². The number of rotatable bonds is 3. The first-order valence-electron chi connectivity index (χ1n) is 4.57. The minimum atomic E-state index is 0.0338. The minimum absolute atomic E-state index is 0.0338. The van der Waals surface area contributed by atoms with E-state index in [9.17, 15) is 4.79 Å². The van der Waals surface area contributed by atoms with Gasteiger partial charge in [0, 0.05) is 20.0 Å². The number of aromatic amines is 1. The molecule has 0 aliphatic heterocycles. The predicted octanol–water partition coefficient (Wildman–Crippen LogP) is 0.219. The van der Waals surface area contributed by atoms with Crippen LogP contribution in [0.3, 0.4) is 0 Å². The van der Waals surface area contributed by atoms with E-state index in [0.29, 0.717) is 11.9 Å². The van der Waals surface area contributed by atoms with Crippen molar-refractivity contribution in [1.29, 1.82) is 0 Å². The highest BCUT2D eigenvalue weighted by Gasteiger charge is 2.30. The van der Waals surface area contributed by atoms with E-state index >= 15 is 0 Å². The molecule has 0 saturated heterocycles. The Labute approximate surface area is 81.7 Å². The van der Waals surface area contributed by atoms with Crippen LogP contribution in [0.15, 0.2) is 0 Å². The average Bonchev–Trinajstić information content (AvgIpc) is 2.87. The molecule has 1 aromatic rings. The van der Waals surface area contributed by atoms with Crippen LogP contribution in [-0.4, -0.2) is 35.2 Å². The van der Waals surface area contributed by atoms with Crippen LogP contribution < -0.4 is 10.2 Å². The Bertz CT molecular complexity index is 341. The Morgan fingerprint density at radius 2 is 2.29 bits per heavy atom. The van der Waals surface area contributed by atoms with Gasteiger partial charge in [0.25, 0.3) is 0 Å². The summed E-state index contributed by atoms with van der Waals surface area (Å²) in [6.45, 7) is 0. The van der Waals surface area contributed by atoms with Crippen LogP contribution in [0.25, 0.3) is 0 Å². The molecule has 1 aliphatic rings. The monoisotopic (exact) mass is 195 g/mol. The minimum Gasteiger partial charge on any atom is -0.346 e. The number of hydrogen-bond donors (Lipinski definition) is 2. The fourth-order valence-electron chi connectivity index (χ4n) is 1.07. The zero-order valence-corrected chi connectivity index (χ0v) is 8.24. The van der Waals surface area contributed by atoms with Crippen molar-refractivity contribution < 1.29 is 4.79 Å². The smallest absolute Gasteiger partial charge is 0.245 e. The Kier molecular flexibility index (Phi) is 2.11. The van der Waals surface area contributed by atoms with Crippen LogP contribution in [0.2, 0.25) is 0 Å². The number of hydrogen-bond acceptors (Lipinski definition) is 4. The molecule has 1 aromatic heterocycles. The molecule has 0 unspecified atom stereocenters. The van der Waals surface area contributed by atoms with Gasteiger partial charge >= 0.3 is 0 Å². The highest BCUT2D eigenvalue weighted by molar-refractivity contribution is 5.92. The third-order valence-electron chi connectivity index (χ3n) is 2.06. The van der Waals surface area contributed by atoms with Crippen molar-refractivity contribution in [3.05, 3.63) is 0 Å². The molecule has 1 aliphatic carbocycles. The summed E-state index contributed by atoms with van der Waals surface area (Å²) in [5.41, 5.74) is 0. The molecule has 2 N–H and O–H groups in total. The first-order chi connectivity index (χ1) is 6.66. The number of nitrogens with zero attached hydrogens (tertiary/aromatic N) is 3. The molecule has 0 spiro atoms. The van der Waals surface area contributed by atoms with Gasteiger partial charge in [-0.2, -0.15) is 4.98 Å². The summed E-state index contributed by atoms with van der Waals surface area (Å²) in [6.07, 6.45) is 1.97. The van der Waals surface area contributed by atoms with Crippen molar-refractivity contribution in [1.82, 2.24) is 15.2 Å². The lowest BCUT2D eigenvalue weighted by atomic mass is 10.4. The maximum Gasteiger partial charge on any atom is 0.245 e. The first kappa shape index (κ1) is 8.98. The largest absolute Gasteiger partial charge is 0.346 e. The van der Waals surface area contributed by atoms with Gasteiger partial charge in [0.1, 0.15) is 0 Å². The number of amides is 1. The van der Waals surface area contributed by atoms with E-state index < -0.39 is 0 Å². The normalized spacial score (nSPS) is 15.3. The third kappa shape index (κ3) is 1.84. The van der Waals surface area contributed by atoms with Crippen molar-refractivity contribution in [2.75, 3.05) is 24.3 Å². The Morgan fingerprint density at radius 1 is 1.57 bits per heavy atom. The van der Waals surface area contributed by atoms with Crippen molar-refractivity contribution in [3.63, 3.8) is 0 Å². The van der Waals surface area contributed by atoms with E-state index in [0.717, 1.165) is 12.8 Å². The van der Waals surface area contributed by atoms with Crippen molar-refractivity contribution in [3.8, 4) is 0 Å². The molecule has 1 amide bonds. The molecule has 1 fully saturated rings. The highest BCUT2D eigenvalue weighted by Crippen LogP contribution is 2.29. The van der Waals surface area contributed by atoms with Crippen LogP contribution in [0.4, 0.5) is 11.9 Å². The third-order valence-corrected chi connectivity index (χ3v) is 2.06. The zero-order chi connectivity index (χ0) is 10.1. The van der Waals surface area contributed by atoms with Crippen LogP contribution >= 0.6 is 0 Å². The van der Waals surface area contributed by atoms with E-state index in [1.807, 2.05) is 14.1 Å². The van der Waals surface area contributed by atoms with E-state index in [1.165, 1.54) is 0 Å². The fourth-order valence-corrected chi connectivity index (χ4v) is 1.07. The van der Waals surface area contributed by atoms with E-state index in [1.54, 1.807) is 4.90 Å². The van der Waals surface area contributed by atoms with Crippen LogP contribution in [0.5, 0.6) is 0 Å². The van der Waals surface area contributed by atoms with E-state index in [4.69, 9.17) is 0 Å². The summed E-state index contributed by atoms with van der Waals surface area (Å²) in [7, 11) is 3.69. The Morgan fingerprint density at radius 3 is 2.79 bits per heavy atom. The number of anilines is 2. The van der Waals surface area contributed by atoms with Crippen molar-refractivity contribution in [2.45, 2.75) is 12.8 Å². The number of nitrogens with one attached hydrogen (secondary N) is 2. The molecule has 1 heterocycles. The first-order valence-corrected chi connectivity index (χ1v) is 4.57. The van der Waals surface area contributed by atoms with Gasteiger partial charge < -0.3 is 4.90 Å². The van der Waals surface area contributed by atoms with Gasteiger partial charge in [-0.1, -0.05) is 0 Å². The number of aromatic nitrogens is 3. The van der Waals surface area contributed by atoms with Gasteiger partial charge in [-0.15, -0.1) is 5.10 Å². The van der Waals surface area contributed by atoms with Gasteiger partial charge in [0.2, 0.25) is 17.8 Å². The SMILES string of the molecule is CN(C)c1n[nH]c(NC(=O)C2CC2)n1. The van der Waals surface area contributed by atoms with Crippen molar-refractivity contribution in [2.24, 2.45) is 5.92 Å². The molecule has 6 nitrogen and oxygen atoms in total. The molecule has 0 bridgehead atoms. The van der Waals surface area contributed by atoms with Gasteiger partial charge in [-0.05, 0) is 12.8 Å². The molecular weight excluding hydrogens is 182 g/mol. The predicted molar refractivity (Wildman–Crippen MR) is 52.1 cm³/mol. The van der Waals surface area contributed by atoms with Crippen LogP contribution in [0, 0.1) is 5.92 Å². The molecular formula is C8H13N5O. The average molecular weight is 195 g/mol. The summed E-state index contributed by atoms with van der Waals surface area (Å²) < 4.78 is 0. The summed E-state index contributed by atoms with van der Waals surface area (Å²) in [6, 6.07) is 0. The maximum atomic E-state index is 11.3. The molecule has 14 heavy (non-hydrogen) atoms. The molecule has 76 valence electrons. The number of carbonyl (C=O) groups excluding carboxylic acids is 1.